The van der Waals surface area contributed by atoms with Crippen LogP contribution in [-0.2, 0) is 16.6 Å². The zero-order valence-corrected chi connectivity index (χ0v) is 14.4. The molecule has 1 aromatic carbocycles. The second-order valence-electron chi connectivity index (χ2n) is 5.40. The predicted octanol–water partition coefficient (Wildman–Crippen LogP) is 1.42. The highest BCUT2D eigenvalue weighted by Gasteiger charge is 2.13. The van der Waals surface area contributed by atoms with Crippen molar-refractivity contribution >= 4 is 10.0 Å². The third-order valence-corrected chi connectivity index (χ3v) is 5.06. The van der Waals surface area contributed by atoms with Gasteiger partial charge in [-0.15, -0.1) is 0 Å². The number of hydrogen-bond donors (Lipinski definition) is 1. The minimum absolute atomic E-state index is 0.0225. The monoisotopic (exact) mass is 374 g/mol. The number of nitrogens with one attached hydrogen (secondary N) is 1. The molecule has 0 fully saturated rings. The Kier molecular flexibility index (Phi) is 5.19. The van der Waals surface area contributed by atoms with Crippen LogP contribution in [0.15, 0.2) is 70.9 Å². The average molecular weight is 374 g/mol. The number of benzene rings is 1. The lowest BCUT2D eigenvalue weighted by Crippen LogP contribution is -2.31. The normalized spacial score (nSPS) is 11.4. The Labute approximate surface area is 149 Å². The molecule has 0 saturated carbocycles. The summed E-state index contributed by atoms with van der Waals surface area (Å²) in [7, 11) is -3.68. The Morgan fingerprint density at radius 2 is 1.92 bits per heavy atom. The van der Waals surface area contributed by atoms with Gasteiger partial charge >= 0.3 is 0 Å². The third kappa shape index (κ3) is 4.19. The molecule has 0 aliphatic rings. The molecule has 2 aromatic heterocycles. The van der Waals surface area contributed by atoms with E-state index in [0.717, 1.165) is 0 Å². The van der Waals surface area contributed by atoms with E-state index in [0.29, 0.717) is 11.3 Å². The number of sulfonamides is 1. The molecule has 0 saturated heterocycles. The van der Waals surface area contributed by atoms with Crippen LogP contribution >= 0.6 is 0 Å². The second-order valence-corrected chi connectivity index (χ2v) is 7.17. The largest absolute Gasteiger partial charge is 0.298 e. The summed E-state index contributed by atoms with van der Waals surface area (Å²) in [5.74, 6) is -0.372. The van der Waals surface area contributed by atoms with E-state index >= 15 is 0 Å². The van der Waals surface area contributed by atoms with Crippen molar-refractivity contribution in [3.05, 3.63) is 77.4 Å². The predicted molar refractivity (Wildman–Crippen MR) is 93.3 cm³/mol. The van der Waals surface area contributed by atoms with E-state index in [1.165, 1.54) is 65.8 Å². The van der Waals surface area contributed by atoms with Gasteiger partial charge in [-0.25, -0.2) is 22.5 Å². The van der Waals surface area contributed by atoms with E-state index in [1.807, 2.05) is 0 Å². The van der Waals surface area contributed by atoms with E-state index in [9.17, 15) is 17.6 Å². The quantitative estimate of drug-likeness (QED) is 0.704. The van der Waals surface area contributed by atoms with Crippen LogP contribution in [0.1, 0.15) is 0 Å². The highest BCUT2D eigenvalue weighted by molar-refractivity contribution is 7.89. The van der Waals surface area contributed by atoms with E-state index in [4.69, 9.17) is 0 Å². The lowest BCUT2D eigenvalue weighted by Gasteiger charge is -2.09. The smallest absolute Gasteiger partial charge is 0.253 e. The maximum atomic E-state index is 13.0. The number of aromatic nitrogens is 3. The van der Waals surface area contributed by atoms with Crippen molar-refractivity contribution in [2.24, 2.45) is 0 Å². The molecule has 0 aliphatic heterocycles. The SMILES string of the molecule is O=c1cc(-c2ccc(F)cc2)ncn1CCNS(=O)(=O)c1cccnc1. The summed E-state index contributed by atoms with van der Waals surface area (Å²) in [6.07, 6.45) is 4.06. The van der Waals surface area contributed by atoms with Gasteiger partial charge in [0.2, 0.25) is 10.0 Å². The summed E-state index contributed by atoms with van der Waals surface area (Å²) >= 11 is 0. The average Bonchev–Trinajstić information content (AvgIpc) is 2.64. The molecule has 0 amide bonds. The molecule has 0 unspecified atom stereocenters. The highest BCUT2D eigenvalue weighted by atomic mass is 32.2. The Morgan fingerprint density at radius 1 is 1.15 bits per heavy atom. The van der Waals surface area contributed by atoms with Crippen LogP contribution in [0, 0.1) is 5.82 Å². The molecule has 0 bridgehead atoms. The van der Waals surface area contributed by atoms with Gasteiger partial charge in [-0.05, 0) is 36.4 Å². The van der Waals surface area contributed by atoms with Crippen LogP contribution in [0.5, 0.6) is 0 Å². The fourth-order valence-electron chi connectivity index (χ4n) is 2.26. The van der Waals surface area contributed by atoms with Gasteiger partial charge < -0.3 is 0 Å². The van der Waals surface area contributed by atoms with Crippen LogP contribution in [0.2, 0.25) is 0 Å². The summed E-state index contributed by atoms with van der Waals surface area (Å²) in [6.45, 7) is 0.143. The van der Waals surface area contributed by atoms with Gasteiger partial charge in [-0.2, -0.15) is 0 Å². The first-order chi connectivity index (χ1) is 12.5. The molecule has 3 aromatic rings. The van der Waals surface area contributed by atoms with Crippen LogP contribution in [0.3, 0.4) is 0 Å². The zero-order chi connectivity index (χ0) is 18.6. The number of nitrogens with zero attached hydrogens (tertiary/aromatic N) is 3. The zero-order valence-electron chi connectivity index (χ0n) is 13.5. The molecule has 134 valence electrons. The first-order valence-electron chi connectivity index (χ1n) is 7.68. The van der Waals surface area contributed by atoms with E-state index in [2.05, 4.69) is 14.7 Å². The summed E-state index contributed by atoms with van der Waals surface area (Å²) in [5.41, 5.74) is 0.704. The highest BCUT2D eigenvalue weighted by Crippen LogP contribution is 2.15. The van der Waals surface area contributed by atoms with Crippen molar-refractivity contribution in [3.63, 3.8) is 0 Å². The molecular weight excluding hydrogens is 359 g/mol. The van der Waals surface area contributed by atoms with Gasteiger partial charge in [-0.1, -0.05) is 0 Å². The maximum Gasteiger partial charge on any atom is 0.253 e. The number of hydrogen-bond acceptors (Lipinski definition) is 5. The molecule has 0 radical (unpaired) electrons. The number of halogens is 1. The van der Waals surface area contributed by atoms with Gasteiger partial charge in [0.25, 0.3) is 5.56 Å². The van der Waals surface area contributed by atoms with Gasteiger partial charge in [0, 0.05) is 37.1 Å². The standard InChI is InChI=1S/C17H15FN4O3S/c18-14-5-3-13(4-6-14)16-10-17(23)22(12-20-16)9-8-21-26(24,25)15-2-1-7-19-11-15/h1-7,10-12,21H,8-9H2. The van der Waals surface area contributed by atoms with Gasteiger partial charge in [0.1, 0.15) is 10.7 Å². The summed E-state index contributed by atoms with van der Waals surface area (Å²) in [6, 6.07) is 9.92. The third-order valence-electron chi connectivity index (χ3n) is 3.61. The lowest BCUT2D eigenvalue weighted by molar-refractivity contribution is 0.568. The molecule has 0 atom stereocenters. The molecule has 0 spiro atoms. The molecule has 3 rings (SSSR count). The van der Waals surface area contributed by atoms with Crippen LogP contribution in [0.4, 0.5) is 4.39 Å². The first kappa shape index (κ1) is 17.9. The van der Waals surface area contributed by atoms with Crippen molar-refractivity contribution in [3.8, 4) is 11.3 Å². The maximum absolute atomic E-state index is 13.0. The fourth-order valence-corrected chi connectivity index (χ4v) is 3.25. The van der Waals surface area contributed by atoms with Crippen LogP contribution < -0.4 is 10.3 Å². The molecular formula is C17H15FN4O3S. The minimum Gasteiger partial charge on any atom is -0.298 e. The Hall–Kier alpha value is -2.91. The first-order valence-corrected chi connectivity index (χ1v) is 9.16. The number of rotatable bonds is 6. The van der Waals surface area contributed by atoms with Gasteiger partial charge in [0.05, 0.1) is 12.0 Å². The van der Waals surface area contributed by atoms with Crippen molar-refractivity contribution in [2.45, 2.75) is 11.4 Å². The van der Waals surface area contributed by atoms with Crippen molar-refractivity contribution in [2.75, 3.05) is 6.54 Å². The van der Waals surface area contributed by atoms with E-state index in [1.54, 1.807) is 0 Å². The topological polar surface area (TPSA) is 94.0 Å². The van der Waals surface area contributed by atoms with Crippen LogP contribution in [-0.4, -0.2) is 29.5 Å². The fraction of sp³-hybridized carbons (Fsp3) is 0.118. The van der Waals surface area contributed by atoms with E-state index in [-0.39, 0.29) is 29.4 Å². The number of pyridine rings is 1. The lowest BCUT2D eigenvalue weighted by atomic mass is 10.1. The Morgan fingerprint density at radius 3 is 2.58 bits per heavy atom. The van der Waals surface area contributed by atoms with E-state index < -0.39 is 10.0 Å². The minimum atomic E-state index is -3.68. The Balaban J connectivity index is 1.68. The summed E-state index contributed by atoms with van der Waals surface area (Å²) in [5, 5.41) is 0. The summed E-state index contributed by atoms with van der Waals surface area (Å²) in [4.78, 5) is 20.2. The Bertz CT molecular complexity index is 1050. The molecule has 26 heavy (non-hydrogen) atoms. The molecule has 7 nitrogen and oxygen atoms in total. The van der Waals surface area contributed by atoms with Crippen molar-refractivity contribution in [1.82, 2.24) is 19.3 Å². The molecule has 0 aliphatic carbocycles. The molecule has 1 N–H and O–H groups in total. The van der Waals surface area contributed by atoms with Crippen molar-refractivity contribution < 1.29 is 12.8 Å². The van der Waals surface area contributed by atoms with Gasteiger partial charge in [-0.3, -0.25) is 14.3 Å². The molecule has 2 heterocycles. The summed E-state index contributed by atoms with van der Waals surface area (Å²) < 4.78 is 40.8. The van der Waals surface area contributed by atoms with Gasteiger partial charge in [0.15, 0.2) is 0 Å². The second kappa shape index (κ2) is 7.54. The molecule has 9 heteroatoms. The van der Waals surface area contributed by atoms with Crippen molar-refractivity contribution in [1.29, 1.82) is 0 Å². The van der Waals surface area contributed by atoms with Crippen LogP contribution in [0.25, 0.3) is 11.3 Å².